The number of fused-ring (bicyclic) bond motifs is 1. The molecule has 2 saturated heterocycles. The van der Waals surface area contributed by atoms with Gasteiger partial charge in [-0.3, -0.25) is 14.7 Å². The molecule has 3 aromatic rings. The molecule has 0 radical (unpaired) electrons. The maximum atomic E-state index is 13.1. The molecule has 1 aromatic carbocycles. The predicted molar refractivity (Wildman–Crippen MR) is 122 cm³/mol. The van der Waals surface area contributed by atoms with E-state index in [1.54, 1.807) is 6.20 Å². The molecule has 2 aliphatic heterocycles. The van der Waals surface area contributed by atoms with Crippen molar-refractivity contribution in [3.63, 3.8) is 0 Å². The predicted octanol–water partition coefficient (Wildman–Crippen LogP) is 3.63. The minimum Gasteiger partial charge on any atom is -0.342 e. The maximum absolute atomic E-state index is 13.1. The maximum Gasteiger partial charge on any atom is 0.257 e. The van der Waals surface area contributed by atoms with E-state index < -0.39 is 0 Å². The molecule has 0 saturated carbocycles. The Morgan fingerprint density at radius 3 is 2.44 bits per heavy atom. The van der Waals surface area contributed by atoms with Crippen LogP contribution in [0.1, 0.15) is 76.7 Å². The number of aryl methyl sites for hydroxylation is 1. The number of H-pyrrole nitrogens is 2. The molecular weight excluding hydrogens is 404 g/mol. The van der Waals surface area contributed by atoms with Crippen molar-refractivity contribution in [2.24, 2.45) is 0 Å². The van der Waals surface area contributed by atoms with Gasteiger partial charge >= 0.3 is 0 Å². The second kappa shape index (κ2) is 8.76. The summed E-state index contributed by atoms with van der Waals surface area (Å²) in [7, 11) is 0. The molecule has 5 rings (SSSR count). The highest BCUT2D eigenvalue weighted by molar-refractivity contribution is 5.97. The van der Waals surface area contributed by atoms with Gasteiger partial charge in [0.15, 0.2) is 0 Å². The highest BCUT2D eigenvalue weighted by Crippen LogP contribution is 2.30. The van der Waals surface area contributed by atoms with Crippen LogP contribution in [0, 0.1) is 6.92 Å². The van der Waals surface area contributed by atoms with Gasteiger partial charge in [0.1, 0.15) is 5.82 Å². The molecule has 2 N–H and O–H groups in total. The van der Waals surface area contributed by atoms with E-state index in [-0.39, 0.29) is 17.7 Å². The van der Waals surface area contributed by atoms with Crippen LogP contribution >= 0.6 is 0 Å². The van der Waals surface area contributed by atoms with Crippen molar-refractivity contribution >= 4 is 22.8 Å². The first-order chi connectivity index (χ1) is 15.6. The summed E-state index contributed by atoms with van der Waals surface area (Å²) in [5.74, 6) is 1.20. The highest BCUT2D eigenvalue weighted by Gasteiger charge is 2.30. The van der Waals surface area contributed by atoms with Gasteiger partial charge in [0.05, 0.1) is 28.5 Å². The number of hydrogen-bond acceptors (Lipinski definition) is 4. The number of aromatic amines is 2. The molecule has 8 nitrogen and oxygen atoms in total. The van der Waals surface area contributed by atoms with E-state index in [0.717, 1.165) is 61.3 Å². The molecule has 8 heteroatoms. The zero-order valence-electron chi connectivity index (χ0n) is 18.6. The van der Waals surface area contributed by atoms with Crippen LogP contribution in [-0.2, 0) is 0 Å². The van der Waals surface area contributed by atoms with Gasteiger partial charge in [0.25, 0.3) is 11.8 Å². The summed E-state index contributed by atoms with van der Waals surface area (Å²) < 4.78 is 0. The van der Waals surface area contributed by atoms with Gasteiger partial charge in [-0.2, -0.15) is 5.10 Å². The van der Waals surface area contributed by atoms with Crippen molar-refractivity contribution < 1.29 is 9.59 Å². The number of hydrogen-bond donors (Lipinski definition) is 2. The van der Waals surface area contributed by atoms with Crippen molar-refractivity contribution in [3.8, 4) is 0 Å². The minimum absolute atomic E-state index is 0.0445. The van der Waals surface area contributed by atoms with Crippen molar-refractivity contribution in [2.45, 2.75) is 51.4 Å². The number of nitrogens with zero attached hydrogens (tertiary/aromatic N) is 4. The zero-order chi connectivity index (χ0) is 22.1. The Hall–Kier alpha value is -3.16. The Labute approximate surface area is 187 Å². The van der Waals surface area contributed by atoms with Crippen LogP contribution in [0.3, 0.4) is 0 Å². The molecule has 2 aromatic heterocycles. The van der Waals surface area contributed by atoms with E-state index in [4.69, 9.17) is 0 Å². The molecule has 0 aliphatic carbocycles. The fourth-order valence-corrected chi connectivity index (χ4v) is 5.05. The number of carbonyl (C=O) groups excluding carboxylic acids is 2. The number of aromatic nitrogens is 4. The van der Waals surface area contributed by atoms with Gasteiger partial charge in [-0.1, -0.05) is 12.8 Å². The summed E-state index contributed by atoms with van der Waals surface area (Å²) in [6.07, 6.45) is 7.86. The first-order valence-electron chi connectivity index (χ1n) is 11.7. The lowest BCUT2D eigenvalue weighted by molar-refractivity contribution is 0.0705. The van der Waals surface area contributed by atoms with Gasteiger partial charge in [0.2, 0.25) is 0 Å². The van der Waals surface area contributed by atoms with E-state index in [1.165, 1.54) is 12.8 Å². The minimum atomic E-state index is 0.0445. The zero-order valence-corrected chi connectivity index (χ0v) is 18.6. The number of piperidine rings is 1. The Morgan fingerprint density at radius 1 is 0.969 bits per heavy atom. The Morgan fingerprint density at radius 2 is 1.69 bits per heavy atom. The topological polar surface area (TPSA) is 98.0 Å². The van der Waals surface area contributed by atoms with E-state index >= 15 is 0 Å². The van der Waals surface area contributed by atoms with Crippen molar-refractivity contribution in [3.05, 3.63) is 47.0 Å². The Bertz CT molecular complexity index is 1120. The fraction of sp³-hybridized carbons (Fsp3) is 0.500. The van der Waals surface area contributed by atoms with Crippen LogP contribution in [0.2, 0.25) is 0 Å². The highest BCUT2D eigenvalue weighted by atomic mass is 16.2. The molecule has 0 bridgehead atoms. The van der Waals surface area contributed by atoms with Crippen molar-refractivity contribution in [2.75, 3.05) is 26.2 Å². The monoisotopic (exact) mass is 434 g/mol. The van der Waals surface area contributed by atoms with Crippen LogP contribution < -0.4 is 0 Å². The third kappa shape index (κ3) is 4.01. The number of rotatable bonds is 3. The summed E-state index contributed by atoms with van der Waals surface area (Å²) in [4.78, 5) is 37.7. The SMILES string of the molecule is Cc1nc2ccc(C(=O)N3CCC(c4[nH]ncc4C(=O)N4CCCCCC4)CC3)cc2[nH]1. The Balaban J connectivity index is 1.25. The lowest BCUT2D eigenvalue weighted by Gasteiger charge is -2.32. The van der Waals surface area contributed by atoms with Crippen LogP contribution in [0.5, 0.6) is 0 Å². The molecule has 0 atom stereocenters. The van der Waals surface area contributed by atoms with Gasteiger partial charge in [0, 0.05) is 37.7 Å². The van der Waals surface area contributed by atoms with Gasteiger partial charge < -0.3 is 14.8 Å². The molecule has 4 heterocycles. The number of likely N-dealkylation sites (tertiary alicyclic amines) is 2. The molecule has 2 aliphatic rings. The molecule has 0 unspecified atom stereocenters. The van der Waals surface area contributed by atoms with Crippen molar-refractivity contribution in [1.29, 1.82) is 0 Å². The van der Waals surface area contributed by atoms with Gasteiger partial charge in [-0.25, -0.2) is 4.98 Å². The van der Waals surface area contributed by atoms with Crippen molar-refractivity contribution in [1.82, 2.24) is 30.0 Å². The van der Waals surface area contributed by atoms with Gasteiger partial charge in [-0.05, 0) is 50.8 Å². The number of carbonyl (C=O) groups is 2. The first kappa shape index (κ1) is 20.7. The average Bonchev–Trinajstić information content (AvgIpc) is 3.35. The third-order valence-electron chi connectivity index (χ3n) is 6.83. The number of nitrogens with one attached hydrogen (secondary N) is 2. The Kier molecular flexibility index (Phi) is 5.68. The van der Waals surface area contributed by atoms with Crippen LogP contribution in [-0.4, -0.2) is 68.0 Å². The molecule has 2 amide bonds. The van der Waals surface area contributed by atoms with E-state index in [0.29, 0.717) is 24.2 Å². The number of benzene rings is 1. The molecular formula is C24H30N6O2. The van der Waals surface area contributed by atoms with E-state index in [2.05, 4.69) is 20.2 Å². The second-order valence-electron chi connectivity index (χ2n) is 9.02. The molecule has 32 heavy (non-hydrogen) atoms. The van der Waals surface area contributed by atoms with Crippen LogP contribution in [0.4, 0.5) is 0 Å². The summed E-state index contributed by atoms with van der Waals surface area (Å²) in [6.45, 7) is 4.90. The summed E-state index contributed by atoms with van der Waals surface area (Å²) in [5, 5.41) is 7.30. The van der Waals surface area contributed by atoms with Crippen LogP contribution in [0.25, 0.3) is 11.0 Å². The first-order valence-corrected chi connectivity index (χ1v) is 11.7. The molecule has 2 fully saturated rings. The summed E-state index contributed by atoms with van der Waals surface area (Å²) in [5.41, 5.74) is 4.08. The normalized spacial score (nSPS) is 18.2. The van der Waals surface area contributed by atoms with Gasteiger partial charge in [-0.15, -0.1) is 0 Å². The summed E-state index contributed by atoms with van der Waals surface area (Å²) >= 11 is 0. The largest absolute Gasteiger partial charge is 0.342 e. The smallest absolute Gasteiger partial charge is 0.257 e. The van der Waals surface area contributed by atoms with Crippen LogP contribution in [0.15, 0.2) is 24.4 Å². The number of amides is 2. The number of imidazole rings is 1. The van der Waals surface area contributed by atoms with E-state index in [1.807, 2.05) is 34.9 Å². The molecule has 168 valence electrons. The average molecular weight is 435 g/mol. The second-order valence-corrected chi connectivity index (χ2v) is 9.02. The van der Waals surface area contributed by atoms with E-state index in [9.17, 15) is 9.59 Å². The lowest BCUT2D eigenvalue weighted by atomic mass is 9.90. The lowest BCUT2D eigenvalue weighted by Crippen LogP contribution is -2.38. The summed E-state index contributed by atoms with van der Waals surface area (Å²) in [6, 6.07) is 5.63. The fourth-order valence-electron chi connectivity index (χ4n) is 5.05. The standard InChI is InChI=1S/C24H30N6O2/c1-16-26-20-7-6-18(14-21(20)27-16)23(31)30-12-8-17(9-13-30)22-19(15-25-28-22)24(32)29-10-4-2-3-5-11-29/h6-7,14-15,17H,2-5,8-13H2,1H3,(H,25,28)(H,26,27). The quantitative estimate of drug-likeness (QED) is 0.658. The third-order valence-corrected chi connectivity index (χ3v) is 6.83. The molecule has 0 spiro atoms.